The van der Waals surface area contributed by atoms with Gasteiger partial charge < -0.3 is 85.6 Å². The van der Waals surface area contributed by atoms with Crippen LogP contribution in [0.2, 0.25) is 0 Å². The van der Waals surface area contributed by atoms with Gasteiger partial charge in [0.05, 0.1) is 228 Å². The zero-order valence-corrected chi connectivity index (χ0v) is 56.0. The normalized spacial score (nSPS) is 12.9. The molecule has 93 heavy (non-hydrogen) atoms. The Kier molecular flexibility index (Phi) is 54.5. The first-order chi connectivity index (χ1) is 44.9. The highest BCUT2D eigenvalue weighted by Crippen LogP contribution is 2.11. The number of carbonyl (C=O) groups excluding carboxylic acids is 4. The maximum atomic E-state index is 12.0. The number of amides is 1. The molecule has 2 aliphatic rings. The first kappa shape index (κ1) is 85.7. The fraction of sp³-hybridized carbons (Fsp3) is 0.820. The molecule has 0 bridgehead atoms. The van der Waals surface area contributed by atoms with Gasteiger partial charge in [-0.15, -0.1) is 0 Å². The predicted molar refractivity (Wildman–Crippen MR) is 341 cm³/mol. The van der Waals surface area contributed by atoms with Crippen molar-refractivity contribution in [2.24, 2.45) is 20.0 Å². The average molecular weight is 1340 g/mol. The maximum absolute atomic E-state index is 12.0. The second-order valence-electron chi connectivity index (χ2n) is 21.7. The van der Waals surface area contributed by atoms with Crippen LogP contribution in [0.1, 0.15) is 66.2 Å². The van der Waals surface area contributed by atoms with Gasteiger partial charge in [0.25, 0.3) is 11.4 Å². The number of allylic oxidation sites excluding steroid dienone is 2. The lowest BCUT2D eigenvalue weighted by molar-refractivity contribution is -0.890. The molecule has 0 aliphatic carbocycles. The third-order valence-electron chi connectivity index (χ3n) is 12.2. The highest BCUT2D eigenvalue weighted by atomic mass is 16.6. The van der Waals surface area contributed by atoms with Gasteiger partial charge in [0.1, 0.15) is 43.2 Å². The van der Waals surface area contributed by atoms with Gasteiger partial charge in [-0.05, 0) is 40.5 Å². The lowest BCUT2D eigenvalue weighted by atomic mass is 10.1. The van der Waals surface area contributed by atoms with Crippen molar-refractivity contribution in [2.75, 3.05) is 258 Å². The van der Waals surface area contributed by atoms with Gasteiger partial charge >= 0.3 is 5.97 Å². The summed E-state index contributed by atoms with van der Waals surface area (Å²) in [6.07, 6.45) is 5.10. The van der Waals surface area contributed by atoms with Gasteiger partial charge in [0, 0.05) is 57.6 Å². The summed E-state index contributed by atoms with van der Waals surface area (Å²) in [6, 6.07) is 2.70. The van der Waals surface area contributed by atoms with Crippen molar-refractivity contribution in [2.45, 2.75) is 71.8 Å². The number of rotatable bonds is 64. The molecule has 0 aromatic carbocycles. The number of ether oxygens (including phenoxy) is 16. The molecule has 2 rings (SSSR count). The average Bonchev–Trinajstić information content (AvgIpc) is 2.42. The van der Waals surface area contributed by atoms with E-state index in [1.54, 1.807) is 20.8 Å². The molecule has 534 valence electrons. The van der Waals surface area contributed by atoms with Crippen LogP contribution >= 0.6 is 0 Å². The van der Waals surface area contributed by atoms with E-state index in [2.05, 4.69) is 45.4 Å². The van der Waals surface area contributed by atoms with E-state index in [-0.39, 0.29) is 85.8 Å². The minimum absolute atomic E-state index is 0.0458. The van der Waals surface area contributed by atoms with Crippen LogP contribution in [0.25, 0.3) is 0 Å². The Balaban J connectivity index is 0.000000932. The summed E-state index contributed by atoms with van der Waals surface area (Å²) < 4.78 is 87.9. The smallest absolute Gasteiger partial charge is 0.325 e. The molecule has 1 N–H and O–H groups in total. The largest absolute Gasteiger partial charge is 0.459 e. The highest BCUT2D eigenvalue weighted by molar-refractivity contribution is 6.45. The molecule has 32 nitrogen and oxygen atoms in total. The first-order valence-corrected chi connectivity index (χ1v) is 31.8. The Labute approximate surface area is 547 Å². The fourth-order valence-electron chi connectivity index (χ4n) is 7.35. The lowest BCUT2D eigenvalue weighted by Gasteiger charge is -2.29. The number of likely N-dealkylation sites (N-methyl/N-ethyl adjacent to an activating group) is 1. The van der Waals surface area contributed by atoms with E-state index < -0.39 is 21.4 Å². The topological polar surface area (TPSA) is 364 Å². The molecule has 0 aromatic heterocycles. The minimum atomic E-state index is -0.589. The van der Waals surface area contributed by atoms with Crippen LogP contribution < -0.4 is 5.32 Å². The molecule has 0 fully saturated rings. The standard InChI is InChI=1S/C31H53N3O14.C30H54N5O10/c1-31(2,3)48-30(37)25-33-29(36)6-8-41-10-12-43-14-16-45-18-20-47-22-21-46-19-17-44-15-13-42-11-9-40-7-4-5-28(35)27-23-26(24-32-27)34(38)39;1-4-31-27-32-8-6-9-35(2,3)10-12-40-14-16-42-18-20-44-22-24-45-23-21-43-19-17-41-15-13-39-11-5-7-30(36)29-25-28(26-33-29)34(37)38/h23H,4-22,24-25H2,1-3H3,(H,33,36);25H,4-24,26H2,1-3H3/q;+1. The van der Waals surface area contributed by atoms with Crippen LogP contribution in [0.15, 0.2) is 43.5 Å². The second-order valence-corrected chi connectivity index (χ2v) is 21.7. The Morgan fingerprint density at radius 2 is 0.806 bits per heavy atom. The molecular weight excluding hydrogens is 1230 g/mol. The number of carbonyl (C=O) groups is 4. The molecule has 0 spiro atoms. The van der Waals surface area contributed by atoms with E-state index in [9.17, 15) is 39.4 Å². The summed E-state index contributed by atoms with van der Waals surface area (Å²) in [5, 5.41) is 23.8. The number of quaternary nitrogens is 1. The number of Topliss-reactive ketones (excluding diaryl/α,β-unsaturated/α-hetero) is 2. The van der Waals surface area contributed by atoms with Gasteiger partial charge in [0.15, 0.2) is 11.6 Å². The van der Waals surface area contributed by atoms with Gasteiger partial charge in [-0.2, -0.15) is 0 Å². The predicted octanol–water partition coefficient (Wildman–Crippen LogP) is 2.66. The van der Waals surface area contributed by atoms with Crippen molar-refractivity contribution >= 4 is 40.9 Å². The van der Waals surface area contributed by atoms with Crippen LogP contribution in [-0.2, 0) is 95.0 Å². The lowest BCUT2D eigenvalue weighted by Crippen LogP contribution is -2.43. The van der Waals surface area contributed by atoms with Crippen LogP contribution in [0.5, 0.6) is 0 Å². The Bertz CT molecular complexity index is 2210. The van der Waals surface area contributed by atoms with Gasteiger partial charge in [-0.3, -0.25) is 49.4 Å². The third kappa shape index (κ3) is 55.6. The van der Waals surface area contributed by atoms with E-state index in [0.29, 0.717) is 204 Å². The molecule has 0 unspecified atom stereocenters. The summed E-state index contributed by atoms with van der Waals surface area (Å²) in [4.78, 5) is 83.4. The van der Waals surface area contributed by atoms with E-state index in [0.717, 1.165) is 37.1 Å². The molecule has 0 aromatic rings. The van der Waals surface area contributed by atoms with E-state index >= 15 is 0 Å². The van der Waals surface area contributed by atoms with Gasteiger partial charge in [-0.1, -0.05) is 0 Å². The number of ketones is 2. The van der Waals surface area contributed by atoms with Gasteiger partial charge in [0.2, 0.25) is 5.91 Å². The van der Waals surface area contributed by atoms with E-state index in [4.69, 9.17) is 75.8 Å². The number of nitrogens with zero attached hydrogens (tertiary/aromatic N) is 7. The van der Waals surface area contributed by atoms with Crippen LogP contribution in [-0.4, -0.2) is 319 Å². The van der Waals surface area contributed by atoms with Crippen molar-refractivity contribution in [1.29, 1.82) is 0 Å². The Hall–Kier alpha value is -5.36. The molecule has 1 amide bonds. The Morgan fingerprint density at radius 1 is 0.484 bits per heavy atom. The number of nitro groups is 2. The van der Waals surface area contributed by atoms with Crippen molar-refractivity contribution in [3.05, 3.63) is 43.8 Å². The monoisotopic (exact) mass is 1340 g/mol. The number of nitrogens with one attached hydrogen (secondary N) is 1. The summed E-state index contributed by atoms with van der Waals surface area (Å²) in [5.41, 5.74) is -0.383. The molecule has 2 heterocycles. The fourth-order valence-corrected chi connectivity index (χ4v) is 7.35. The number of aliphatic imine (C=N–C) groups is 4. The summed E-state index contributed by atoms with van der Waals surface area (Å²) in [7, 11) is 4.39. The first-order valence-electron chi connectivity index (χ1n) is 31.8. The SMILES string of the molecule is CC(C)(C)OC(=O)CNC(=O)CCOCCOCCOCCOCCOCCOCCOCCOCCCC(=O)C1=NCC([N+](=O)[O-])=C1.CCN=C=NCCC[N+](C)(C)CCOCCOCCOCCOCCOCCOCCOCCCC(=O)C1=NCC([N+](=O)[O-])=C1. The van der Waals surface area contributed by atoms with E-state index in [1.807, 2.05) is 6.92 Å². The van der Waals surface area contributed by atoms with Crippen LogP contribution in [0.4, 0.5) is 0 Å². The molecule has 0 atom stereocenters. The Morgan fingerprint density at radius 3 is 1.12 bits per heavy atom. The zero-order chi connectivity index (χ0) is 68.1. The maximum Gasteiger partial charge on any atom is 0.325 e. The second kappa shape index (κ2) is 59.2. The van der Waals surface area contributed by atoms with Crippen molar-refractivity contribution in [1.82, 2.24) is 5.32 Å². The molecule has 0 saturated heterocycles. The minimum Gasteiger partial charge on any atom is -0.459 e. The quantitative estimate of drug-likeness (QED) is 0.0228. The number of esters is 1. The molecule has 0 saturated carbocycles. The number of hydrogen-bond acceptors (Lipinski definition) is 28. The van der Waals surface area contributed by atoms with Gasteiger partial charge in [-0.25, -0.2) is 9.98 Å². The summed E-state index contributed by atoms with van der Waals surface area (Å²) in [5.74, 6) is -1.20. The zero-order valence-electron chi connectivity index (χ0n) is 56.0. The molecule has 0 radical (unpaired) electrons. The third-order valence-corrected chi connectivity index (χ3v) is 12.2. The van der Waals surface area contributed by atoms with Crippen molar-refractivity contribution in [3.8, 4) is 0 Å². The van der Waals surface area contributed by atoms with Crippen molar-refractivity contribution < 1.29 is 109 Å². The molecule has 32 heteroatoms. The van der Waals surface area contributed by atoms with Crippen LogP contribution in [0.3, 0.4) is 0 Å². The highest BCUT2D eigenvalue weighted by Gasteiger charge is 2.24. The number of hydrogen-bond donors (Lipinski definition) is 1. The van der Waals surface area contributed by atoms with E-state index in [1.165, 1.54) is 12.2 Å². The molecule has 2 aliphatic heterocycles. The summed E-state index contributed by atoms with van der Waals surface area (Å²) in [6.45, 7) is 23.8. The summed E-state index contributed by atoms with van der Waals surface area (Å²) >= 11 is 0. The van der Waals surface area contributed by atoms with Crippen LogP contribution in [0, 0.1) is 20.2 Å². The molecular formula is C61H107N8O24+. The van der Waals surface area contributed by atoms with Crippen molar-refractivity contribution in [3.63, 3.8) is 0 Å².